The minimum absolute atomic E-state index is 0. The van der Waals surface area contributed by atoms with Gasteiger partial charge in [0.15, 0.2) is 0 Å². The van der Waals surface area contributed by atoms with Gasteiger partial charge in [-0.1, -0.05) is 61.4 Å². The molecule has 0 spiro atoms. The quantitative estimate of drug-likeness (QED) is 0.381. The summed E-state index contributed by atoms with van der Waals surface area (Å²) in [6.07, 6.45) is 2.36. The first kappa shape index (κ1) is 23.5. The van der Waals surface area contributed by atoms with Gasteiger partial charge in [-0.2, -0.15) is 5.10 Å². The molecule has 0 atom stereocenters. The molecule has 2 N–H and O–H groups in total. The van der Waals surface area contributed by atoms with Gasteiger partial charge in [-0.25, -0.2) is 11.3 Å². The zero-order valence-corrected chi connectivity index (χ0v) is 19.4. The van der Waals surface area contributed by atoms with Gasteiger partial charge in [0.25, 0.3) is 0 Å². The van der Waals surface area contributed by atoms with E-state index in [0.717, 1.165) is 29.7 Å². The van der Waals surface area contributed by atoms with E-state index in [1.165, 1.54) is 0 Å². The number of carbonyl (C=O) groups is 2. The van der Waals surface area contributed by atoms with Crippen LogP contribution in [0.4, 0.5) is 0 Å². The Hall–Kier alpha value is -2.75. The molecule has 0 saturated heterocycles. The number of benzene rings is 2. The number of carboxylic acid groups (broad SMARTS) is 1. The molecule has 0 saturated carbocycles. The number of hydrogen-bond donors (Lipinski definition) is 2. The molecular weight excluding hydrogens is 552 g/mol. The summed E-state index contributed by atoms with van der Waals surface area (Å²) in [5, 5.41) is 16.5. The number of hydrogen-bond acceptors (Lipinski definition) is 3. The van der Waals surface area contributed by atoms with Crippen LogP contribution in [-0.4, -0.2) is 26.8 Å². The van der Waals surface area contributed by atoms with Crippen LogP contribution in [0.1, 0.15) is 51.0 Å². The van der Waals surface area contributed by atoms with E-state index < -0.39 is 5.97 Å². The Kier molecular flexibility index (Phi) is 8.97. The van der Waals surface area contributed by atoms with Crippen LogP contribution in [0.2, 0.25) is 0 Å². The van der Waals surface area contributed by atoms with Gasteiger partial charge in [0.05, 0.1) is 17.8 Å². The van der Waals surface area contributed by atoms with Crippen LogP contribution >= 0.6 is 0 Å². The molecule has 0 aliphatic carbocycles. The number of nitrogens with zero attached hydrogens (tertiary/aromatic N) is 2. The molecule has 1 amide bonds. The second kappa shape index (κ2) is 11.4. The normalized spacial score (nSPS) is 10.3. The number of nitrogens with one attached hydrogen (secondary N) is 1. The summed E-state index contributed by atoms with van der Waals surface area (Å²) in [5.41, 5.74) is 3.58. The van der Waals surface area contributed by atoms with Gasteiger partial charge in [-0.05, 0) is 30.2 Å². The first-order valence-corrected chi connectivity index (χ1v) is 9.62. The first-order valence-electron chi connectivity index (χ1n) is 9.62. The van der Waals surface area contributed by atoms with Crippen LogP contribution in [0, 0.1) is 6.54 Å². The first-order chi connectivity index (χ1) is 14.1. The van der Waals surface area contributed by atoms with Crippen molar-refractivity contribution in [2.45, 2.75) is 32.7 Å². The van der Waals surface area contributed by atoms with Crippen LogP contribution in [0.25, 0.3) is 0 Å². The van der Waals surface area contributed by atoms with E-state index in [1.54, 1.807) is 35.5 Å². The number of rotatable bonds is 9. The molecule has 0 fully saturated rings. The standard InChI is InChI=1S/C23H24N3O3.Re/c1-2-6-20-15-21(22(27)24-14-13-17-7-4-3-5-8-17)26(25-20)16-18-9-11-19(12-10-18)23(28)29;/h3-5,7-12,14-15H,2,6,13,16H2,1H3,(H,24,27)(H,28,29);/q-1;. The maximum Gasteiger partial charge on any atom is 0.335 e. The summed E-state index contributed by atoms with van der Waals surface area (Å²) in [5.74, 6) is -1.17. The molecule has 1 heterocycles. The molecule has 30 heavy (non-hydrogen) atoms. The molecule has 0 bridgehead atoms. The van der Waals surface area contributed by atoms with Gasteiger partial charge in [0.2, 0.25) is 5.91 Å². The number of amides is 1. The summed E-state index contributed by atoms with van der Waals surface area (Å²) >= 11 is 0. The van der Waals surface area contributed by atoms with Gasteiger partial charge in [0, 0.05) is 20.4 Å². The molecule has 6 nitrogen and oxygen atoms in total. The average molecular weight is 577 g/mol. The van der Waals surface area contributed by atoms with Crippen molar-refractivity contribution < 1.29 is 35.1 Å². The second-order valence-corrected chi connectivity index (χ2v) is 6.80. The van der Waals surface area contributed by atoms with Crippen LogP contribution in [0.5, 0.6) is 0 Å². The third-order valence-electron chi connectivity index (χ3n) is 4.52. The van der Waals surface area contributed by atoms with Crippen molar-refractivity contribution in [3.05, 3.63) is 95.3 Å². The van der Waals surface area contributed by atoms with Crippen molar-refractivity contribution >= 4 is 11.9 Å². The molecule has 0 aliphatic heterocycles. The van der Waals surface area contributed by atoms with E-state index in [4.69, 9.17) is 5.11 Å². The summed E-state index contributed by atoms with van der Waals surface area (Å²) in [6, 6.07) is 18.3. The van der Waals surface area contributed by atoms with Crippen molar-refractivity contribution in [2.24, 2.45) is 0 Å². The van der Waals surface area contributed by atoms with Gasteiger partial charge in [-0.3, -0.25) is 9.48 Å². The predicted octanol–water partition coefficient (Wildman–Crippen LogP) is 3.71. The Balaban J connectivity index is 0.00000320. The second-order valence-electron chi connectivity index (χ2n) is 6.80. The Morgan fingerprint density at radius 3 is 2.40 bits per heavy atom. The Morgan fingerprint density at radius 2 is 1.77 bits per heavy atom. The summed E-state index contributed by atoms with van der Waals surface area (Å²) in [7, 11) is 0. The smallest absolute Gasteiger partial charge is 0.335 e. The van der Waals surface area contributed by atoms with Crippen molar-refractivity contribution in [1.82, 2.24) is 15.1 Å². The van der Waals surface area contributed by atoms with Crippen molar-refractivity contribution in [3.8, 4) is 0 Å². The van der Waals surface area contributed by atoms with Crippen LogP contribution in [0.3, 0.4) is 0 Å². The Labute approximate surface area is 190 Å². The van der Waals surface area contributed by atoms with Crippen LogP contribution in [-0.2, 0) is 39.8 Å². The van der Waals surface area contributed by atoms with Crippen molar-refractivity contribution in [1.29, 1.82) is 0 Å². The van der Waals surface area contributed by atoms with E-state index in [1.807, 2.05) is 36.4 Å². The fourth-order valence-corrected chi connectivity index (χ4v) is 3.03. The summed E-state index contributed by atoms with van der Waals surface area (Å²) < 4.78 is 1.67. The summed E-state index contributed by atoms with van der Waals surface area (Å²) in [4.78, 5) is 23.7. The third-order valence-corrected chi connectivity index (χ3v) is 4.52. The molecule has 1 radical (unpaired) electrons. The van der Waals surface area contributed by atoms with E-state index in [-0.39, 0.29) is 31.9 Å². The Bertz CT molecular complexity index is 969. The van der Waals surface area contributed by atoms with Crippen molar-refractivity contribution in [3.63, 3.8) is 0 Å². The monoisotopic (exact) mass is 577 g/mol. The molecular formula is C23H24N3O3Re-. The number of aryl methyl sites for hydroxylation is 1. The number of carboxylic acids is 1. The van der Waals surface area contributed by atoms with Gasteiger partial charge < -0.3 is 10.4 Å². The SMILES string of the molecule is CCCc1cc(C(=O)N[CH-]Cc2ccccc2)n(Cc2ccc(C(=O)O)cc2)n1.[Re]. The largest absolute Gasteiger partial charge is 0.500 e. The molecule has 0 unspecified atom stereocenters. The van der Waals surface area contributed by atoms with Crippen molar-refractivity contribution in [2.75, 3.05) is 0 Å². The van der Waals surface area contributed by atoms with Crippen LogP contribution < -0.4 is 5.32 Å². The van der Waals surface area contributed by atoms with E-state index in [0.29, 0.717) is 18.7 Å². The number of aromatic nitrogens is 2. The topological polar surface area (TPSA) is 84.2 Å². The maximum absolute atomic E-state index is 12.7. The Morgan fingerprint density at radius 1 is 1.07 bits per heavy atom. The third kappa shape index (κ3) is 6.38. The molecule has 0 aliphatic rings. The fraction of sp³-hybridized carbons (Fsp3) is 0.217. The molecule has 3 rings (SSSR count). The molecule has 3 aromatic rings. The number of aromatic carboxylic acids is 1. The average Bonchev–Trinajstić information content (AvgIpc) is 3.12. The maximum atomic E-state index is 12.7. The van der Waals surface area contributed by atoms with Gasteiger partial charge in [-0.15, -0.1) is 6.42 Å². The van der Waals surface area contributed by atoms with E-state index in [9.17, 15) is 9.59 Å². The van der Waals surface area contributed by atoms with Gasteiger partial charge in [0.1, 0.15) is 5.69 Å². The molecule has 7 heteroatoms. The van der Waals surface area contributed by atoms with E-state index in [2.05, 4.69) is 17.3 Å². The minimum atomic E-state index is -0.963. The predicted molar refractivity (Wildman–Crippen MR) is 111 cm³/mol. The zero-order chi connectivity index (χ0) is 20.6. The van der Waals surface area contributed by atoms with Gasteiger partial charge >= 0.3 is 5.97 Å². The molecule has 157 valence electrons. The fourth-order valence-electron chi connectivity index (χ4n) is 3.03. The van der Waals surface area contributed by atoms with Crippen LogP contribution in [0.15, 0.2) is 60.7 Å². The minimum Gasteiger partial charge on any atom is -0.500 e. The van der Waals surface area contributed by atoms with E-state index >= 15 is 0 Å². The zero-order valence-electron chi connectivity index (χ0n) is 16.7. The number of carbonyl (C=O) groups excluding carboxylic acids is 1. The molecule has 1 aromatic heterocycles. The summed E-state index contributed by atoms with van der Waals surface area (Å²) in [6.45, 7) is 4.21. The molecule has 2 aromatic carbocycles.